The number of aryl methyl sites for hydroxylation is 1. The van der Waals surface area contributed by atoms with Crippen molar-refractivity contribution in [1.82, 2.24) is 14.7 Å². The van der Waals surface area contributed by atoms with E-state index in [-0.39, 0.29) is 17.9 Å². The first-order valence-corrected chi connectivity index (χ1v) is 9.44. The van der Waals surface area contributed by atoms with Gasteiger partial charge in [-0.3, -0.25) is 14.3 Å². The highest BCUT2D eigenvalue weighted by Crippen LogP contribution is 2.15. The van der Waals surface area contributed by atoms with Gasteiger partial charge in [0.15, 0.2) is 0 Å². The molecule has 1 aliphatic rings. The zero-order chi connectivity index (χ0) is 19.2. The van der Waals surface area contributed by atoms with Crippen molar-refractivity contribution in [3.05, 3.63) is 47.8 Å². The number of hydrogen-bond donors (Lipinski definition) is 2. The molecular formula is C20H27N5O2. The summed E-state index contributed by atoms with van der Waals surface area (Å²) >= 11 is 0. The second-order valence-corrected chi connectivity index (χ2v) is 7.10. The fourth-order valence-corrected chi connectivity index (χ4v) is 3.39. The normalized spacial score (nSPS) is 15.4. The number of anilines is 1. The summed E-state index contributed by atoms with van der Waals surface area (Å²) in [6.45, 7) is 1.72. The number of hydrogen-bond acceptors (Lipinski definition) is 4. The zero-order valence-corrected chi connectivity index (χ0v) is 15.7. The second-order valence-electron chi connectivity index (χ2n) is 7.10. The third-order valence-corrected chi connectivity index (χ3v) is 4.91. The van der Waals surface area contributed by atoms with E-state index in [1.54, 1.807) is 19.3 Å². The van der Waals surface area contributed by atoms with Crippen LogP contribution in [-0.2, 0) is 18.3 Å². The van der Waals surface area contributed by atoms with Gasteiger partial charge in [-0.2, -0.15) is 5.10 Å². The van der Waals surface area contributed by atoms with Gasteiger partial charge in [-0.1, -0.05) is 12.1 Å². The number of piperidine rings is 1. The fraction of sp³-hybridized carbons (Fsp3) is 0.450. The summed E-state index contributed by atoms with van der Waals surface area (Å²) in [5.74, 6) is -0.0474. The largest absolute Gasteiger partial charge is 0.343 e. The van der Waals surface area contributed by atoms with E-state index in [1.165, 1.54) is 11.1 Å². The first kappa shape index (κ1) is 19.1. The van der Waals surface area contributed by atoms with Crippen molar-refractivity contribution in [3.63, 3.8) is 0 Å². The monoisotopic (exact) mass is 369 g/mol. The molecule has 1 fully saturated rings. The van der Waals surface area contributed by atoms with Crippen LogP contribution < -0.4 is 11.1 Å². The summed E-state index contributed by atoms with van der Waals surface area (Å²) in [6, 6.07) is 9.04. The maximum atomic E-state index is 12.3. The fourth-order valence-electron chi connectivity index (χ4n) is 3.39. The maximum absolute atomic E-state index is 12.3. The van der Waals surface area contributed by atoms with E-state index < -0.39 is 0 Å². The molecule has 144 valence electrons. The molecule has 1 atom stereocenters. The quantitative estimate of drug-likeness (QED) is 0.814. The Morgan fingerprint density at radius 2 is 1.85 bits per heavy atom. The molecule has 0 spiro atoms. The molecule has 27 heavy (non-hydrogen) atoms. The average Bonchev–Trinajstić information content (AvgIpc) is 3.10. The van der Waals surface area contributed by atoms with Crippen LogP contribution in [0.3, 0.4) is 0 Å². The number of rotatable bonds is 6. The van der Waals surface area contributed by atoms with Crippen LogP contribution in [0.2, 0.25) is 0 Å². The summed E-state index contributed by atoms with van der Waals surface area (Å²) < 4.78 is 1.53. The third-order valence-electron chi connectivity index (χ3n) is 4.91. The Bertz CT molecular complexity index is 778. The van der Waals surface area contributed by atoms with Crippen molar-refractivity contribution in [2.45, 2.75) is 38.1 Å². The molecule has 3 rings (SSSR count). The van der Waals surface area contributed by atoms with Gasteiger partial charge in [0.25, 0.3) is 5.91 Å². The van der Waals surface area contributed by atoms with Crippen molar-refractivity contribution >= 4 is 17.5 Å². The van der Waals surface area contributed by atoms with Gasteiger partial charge in [0.1, 0.15) is 5.69 Å². The van der Waals surface area contributed by atoms with E-state index in [1.807, 2.05) is 29.2 Å². The lowest BCUT2D eigenvalue weighted by Gasteiger charge is -2.27. The van der Waals surface area contributed by atoms with E-state index >= 15 is 0 Å². The number of aromatic nitrogens is 2. The van der Waals surface area contributed by atoms with Gasteiger partial charge in [0.05, 0.1) is 0 Å². The van der Waals surface area contributed by atoms with Gasteiger partial charge in [-0.25, -0.2) is 0 Å². The predicted octanol–water partition coefficient (Wildman–Crippen LogP) is 1.94. The second kappa shape index (κ2) is 8.81. The highest BCUT2D eigenvalue weighted by molar-refractivity contribution is 6.02. The van der Waals surface area contributed by atoms with E-state index in [0.29, 0.717) is 24.2 Å². The molecule has 7 heteroatoms. The molecule has 7 nitrogen and oxygen atoms in total. The number of carbonyl (C=O) groups is 2. The van der Waals surface area contributed by atoms with Crippen LogP contribution in [0.1, 0.15) is 41.7 Å². The third kappa shape index (κ3) is 5.17. The van der Waals surface area contributed by atoms with Crippen molar-refractivity contribution in [2.24, 2.45) is 12.8 Å². The summed E-state index contributed by atoms with van der Waals surface area (Å²) in [5, 5.41) is 6.84. The first-order valence-electron chi connectivity index (χ1n) is 9.44. The minimum Gasteiger partial charge on any atom is -0.343 e. The van der Waals surface area contributed by atoms with Gasteiger partial charge in [0.2, 0.25) is 5.91 Å². The van der Waals surface area contributed by atoms with Crippen LogP contribution in [-0.4, -0.2) is 45.6 Å². The van der Waals surface area contributed by atoms with E-state index in [2.05, 4.69) is 10.4 Å². The van der Waals surface area contributed by atoms with Gasteiger partial charge in [0, 0.05) is 44.5 Å². The molecule has 0 radical (unpaired) electrons. The standard InChI is InChI=1S/C20H27N5O2/c1-24-18(9-10-22-24)20(27)23-17-7-5-15(6-8-17)13-16(21)14-19(26)25-11-3-2-4-12-25/h5-10,16H,2-4,11-14,21H2,1H3,(H,23,27)/t16-/m1/s1. The van der Waals surface area contributed by atoms with E-state index in [0.717, 1.165) is 31.5 Å². The van der Waals surface area contributed by atoms with Crippen LogP contribution in [0.4, 0.5) is 5.69 Å². The van der Waals surface area contributed by atoms with Crippen LogP contribution in [0.15, 0.2) is 36.5 Å². The molecule has 3 N–H and O–H groups in total. The molecular weight excluding hydrogens is 342 g/mol. The molecule has 2 heterocycles. The molecule has 0 saturated carbocycles. The van der Waals surface area contributed by atoms with Crippen LogP contribution >= 0.6 is 0 Å². The minimum atomic E-state index is -0.202. The number of likely N-dealkylation sites (tertiary alicyclic amines) is 1. The molecule has 0 aliphatic carbocycles. The molecule has 2 amide bonds. The van der Waals surface area contributed by atoms with Gasteiger partial charge >= 0.3 is 0 Å². The van der Waals surface area contributed by atoms with E-state index in [4.69, 9.17) is 5.73 Å². The summed E-state index contributed by atoms with van der Waals surface area (Å²) in [6.07, 6.45) is 5.98. The molecule has 0 bridgehead atoms. The number of amides is 2. The molecule has 1 aromatic heterocycles. The Labute approximate surface area is 159 Å². The van der Waals surface area contributed by atoms with Crippen LogP contribution in [0, 0.1) is 0 Å². The minimum absolute atomic E-state index is 0.155. The van der Waals surface area contributed by atoms with Gasteiger partial charge < -0.3 is 16.0 Å². The van der Waals surface area contributed by atoms with Gasteiger partial charge in [-0.05, 0) is 49.4 Å². The SMILES string of the molecule is Cn1nccc1C(=O)Nc1ccc(C[C@@H](N)CC(=O)N2CCCCC2)cc1. The summed E-state index contributed by atoms with van der Waals surface area (Å²) in [7, 11) is 1.73. The molecule has 0 unspecified atom stereocenters. The number of nitrogens with one attached hydrogen (secondary N) is 1. The molecule has 1 aromatic carbocycles. The van der Waals surface area contributed by atoms with Crippen LogP contribution in [0.25, 0.3) is 0 Å². The highest BCUT2D eigenvalue weighted by Gasteiger charge is 2.19. The smallest absolute Gasteiger partial charge is 0.273 e. The topological polar surface area (TPSA) is 93.2 Å². The first-order chi connectivity index (χ1) is 13.0. The Morgan fingerprint density at radius 1 is 1.15 bits per heavy atom. The molecule has 1 aliphatic heterocycles. The maximum Gasteiger partial charge on any atom is 0.273 e. The van der Waals surface area contributed by atoms with Gasteiger partial charge in [-0.15, -0.1) is 0 Å². The van der Waals surface area contributed by atoms with Crippen molar-refractivity contribution in [3.8, 4) is 0 Å². The molecule has 1 saturated heterocycles. The Balaban J connectivity index is 1.50. The van der Waals surface area contributed by atoms with Crippen molar-refractivity contribution in [1.29, 1.82) is 0 Å². The lowest BCUT2D eigenvalue weighted by Crippen LogP contribution is -2.39. The van der Waals surface area contributed by atoms with Crippen molar-refractivity contribution < 1.29 is 9.59 Å². The summed E-state index contributed by atoms with van der Waals surface area (Å²) in [5.41, 5.74) is 8.44. The Hall–Kier alpha value is -2.67. The number of benzene rings is 1. The lowest BCUT2D eigenvalue weighted by molar-refractivity contribution is -0.132. The Kier molecular flexibility index (Phi) is 6.24. The number of nitrogens with two attached hydrogens (primary N) is 1. The molecule has 2 aromatic rings. The highest BCUT2D eigenvalue weighted by atomic mass is 16.2. The Morgan fingerprint density at radius 3 is 2.48 bits per heavy atom. The zero-order valence-electron chi connectivity index (χ0n) is 15.7. The predicted molar refractivity (Wildman–Crippen MR) is 104 cm³/mol. The average molecular weight is 369 g/mol. The summed E-state index contributed by atoms with van der Waals surface area (Å²) in [4.78, 5) is 26.4. The van der Waals surface area contributed by atoms with Crippen LogP contribution in [0.5, 0.6) is 0 Å². The number of carbonyl (C=O) groups excluding carboxylic acids is 2. The lowest BCUT2D eigenvalue weighted by atomic mass is 10.0. The van der Waals surface area contributed by atoms with Crippen molar-refractivity contribution in [2.75, 3.05) is 18.4 Å². The van der Waals surface area contributed by atoms with E-state index in [9.17, 15) is 9.59 Å². The number of nitrogens with zero attached hydrogens (tertiary/aromatic N) is 3.